The van der Waals surface area contributed by atoms with Crippen molar-refractivity contribution in [2.24, 2.45) is 0 Å². The molecule has 1 heterocycles. The Labute approximate surface area is 200 Å². The number of carbonyl (C=O) groups is 1. The van der Waals surface area contributed by atoms with Gasteiger partial charge in [-0.1, -0.05) is 13.8 Å². The topological polar surface area (TPSA) is 75.1 Å². The van der Waals surface area contributed by atoms with E-state index in [0.29, 0.717) is 23.5 Å². The lowest BCUT2D eigenvalue weighted by Gasteiger charge is -2.23. The zero-order chi connectivity index (χ0) is 25.2. The maximum absolute atomic E-state index is 15.3. The molecule has 184 valence electrons. The van der Waals surface area contributed by atoms with Crippen LogP contribution in [-0.4, -0.2) is 57.5 Å². The van der Waals surface area contributed by atoms with Gasteiger partial charge in [0.1, 0.15) is 11.6 Å². The van der Waals surface area contributed by atoms with E-state index < -0.39 is 5.82 Å². The maximum atomic E-state index is 15.3. The van der Waals surface area contributed by atoms with Crippen LogP contribution in [0.3, 0.4) is 0 Å². The van der Waals surface area contributed by atoms with E-state index >= 15 is 4.39 Å². The number of ketones is 1. The highest BCUT2D eigenvalue weighted by Crippen LogP contribution is 2.40. The predicted octanol–water partition coefficient (Wildman–Crippen LogP) is 4.84. The number of methoxy groups -OCH3 is 1. The van der Waals surface area contributed by atoms with Crippen molar-refractivity contribution in [3.05, 3.63) is 46.3 Å². The number of fused-ring (bicyclic) bond motifs is 1. The number of nitrogens with one attached hydrogen (secondary N) is 1. The van der Waals surface area contributed by atoms with Gasteiger partial charge in [0.25, 0.3) is 0 Å². The van der Waals surface area contributed by atoms with Gasteiger partial charge in [-0.15, -0.1) is 0 Å². The van der Waals surface area contributed by atoms with Crippen molar-refractivity contribution in [2.75, 3.05) is 45.9 Å². The number of hydrogen-bond acceptors (Lipinski definition) is 6. The van der Waals surface area contributed by atoms with Crippen LogP contribution in [0, 0.1) is 11.2 Å². The van der Waals surface area contributed by atoms with E-state index in [1.54, 1.807) is 31.1 Å². The quantitative estimate of drug-likeness (QED) is 0.500. The third kappa shape index (κ3) is 4.67. The minimum absolute atomic E-state index is 0.00776. The molecule has 8 heteroatoms. The molecule has 7 nitrogen and oxygen atoms in total. The fourth-order valence-corrected chi connectivity index (χ4v) is 4.20. The van der Waals surface area contributed by atoms with Gasteiger partial charge in [-0.25, -0.2) is 4.39 Å². The lowest BCUT2D eigenvalue weighted by molar-refractivity contribution is 0.0962. The minimum atomic E-state index is -0.621. The molecule has 0 aliphatic carbocycles. The van der Waals surface area contributed by atoms with E-state index in [2.05, 4.69) is 0 Å². The number of amidine groups is 1. The number of benzene rings is 2. The van der Waals surface area contributed by atoms with E-state index in [9.17, 15) is 4.79 Å². The van der Waals surface area contributed by atoms with Crippen molar-refractivity contribution in [1.29, 1.82) is 5.41 Å². The zero-order valence-corrected chi connectivity index (χ0v) is 21.0. The SMILES string of the molecule is CCOc1cc2c(c(F)c1OCC)C(=N)N(CC(=O)c1cc(C(C)C)c(OC)c(N(C)C)c1)C2. The van der Waals surface area contributed by atoms with Crippen molar-refractivity contribution < 1.29 is 23.4 Å². The summed E-state index contributed by atoms with van der Waals surface area (Å²) in [6.07, 6.45) is 0. The molecule has 0 saturated carbocycles. The largest absolute Gasteiger partial charge is 0.494 e. The third-order valence-corrected chi connectivity index (χ3v) is 5.83. The van der Waals surface area contributed by atoms with Gasteiger partial charge in [0.15, 0.2) is 23.1 Å². The molecule has 0 aromatic heterocycles. The standard InChI is InChI=1S/C26H34FN3O4/c1-8-33-21-12-17-13-30(26(28)22(17)23(27)25(21)34-9-2)14-20(31)16-10-18(15(3)4)24(32-7)19(11-16)29(5)6/h10-12,15,28H,8-9,13-14H2,1-7H3. The van der Waals surface area contributed by atoms with Gasteiger partial charge < -0.3 is 24.0 Å². The number of rotatable bonds is 10. The predicted molar refractivity (Wildman–Crippen MR) is 132 cm³/mol. The molecule has 1 aliphatic rings. The normalized spacial score (nSPS) is 12.7. The van der Waals surface area contributed by atoms with Gasteiger partial charge in [0, 0.05) is 26.2 Å². The van der Waals surface area contributed by atoms with Gasteiger partial charge in [-0.2, -0.15) is 0 Å². The van der Waals surface area contributed by atoms with E-state index in [1.807, 2.05) is 45.8 Å². The first-order chi connectivity index (χ1) is 16.1. The highest BCUT2D eigenvalue weighted by Gasteiger charge is 2.33. The Kier molecular flexibility index (Phi) is 7.69. The van der Waals surface area contributed by atoms with Crippen molar-refractivity contribution in [1.82, 2.24) is 4.90 Å². The van der Waals surface area contributed by atoms with Gasteiger partial charge in [0.2, 0.25) is 0 Å². The first kappa shape index (κ1) is 25.3. The summed E-state index contributed by atoms with van der Waals surface area (Å²) >= 11 is 0. The molecule has 34 heavy (non-hydrogen) atoms. The zero-order valence-electron chi connectivity index (χ0n) is 21.0. The maximum Gasteiger partial charge on any atom is 0.197 e. The van der Waals surface area contributed by atoms with Gasteiger partial charge in [-0.3, -0.25) is 10.2 Å². The molecule has 2 aromatic carbocycles. The van der Waals surface area contributed by atoms with Crippen molar-refractivity contribution in [3.8, 4) is 17.2 Å². The van der Waals surface area contributed by atoms with Crippen LogP contribution >= 0.6 is 0 Å². The van der Waals surface area contributed by atoms with Crippen LogP contribution in [0.4, 0.5) is 10.1 Å². The molecule has 0 radical (unpaired) electrons. The first-order valence-corrected chi connectivity index (χ1v) is 11.5. The molecule has 2 aromatic rings. The Balaban J connectivity index is 1.94. The number of ether oxygens (including phenoxy) is 3. The van der Waals surface area contributed by atoms with Crippen molar-refractivity contribution in [3.63, 3.8) is 0 Å². The number of anilines is 1. The first-order valence-electron chi connectivity index (χ1n) is 11.5. The summed E-state index contributed by atoms with van der Waals surface area (Å²) in [6.45, 7) is 8.52. The number of Topliss-reactive ketones (excluding diaryl/α,β-unsaturated/α-hetero) is 1. The number of carbonyl (C=O) groups excluding carboxylic acids is 1. The van der Waals surface area contributed by atoms with E-state index in [4.69, 9.17) is 19.6 Å². The number of hydrogen-bond donors (Lipinski definition) is 1. The Morgan fingerprint density at radius 3 is 2.38 bits per heavy atom. The monoisotopic (exact) mass is 471 g/mol. The average molecular weight is 472 g/mol. The van der Waals surface area contributed by atoms with Crippen LogP contribution in [0.25, 0.3) is 0 Å². The van der Waals surface area contributed by atoms with Gasteiger partial charge in [0.05, 0.1) is 38.1 Å². The molecular formula is C26H34FN3O4. The molecule has 0 bridgehead atoms. The molecule has 0 spiro atoms. The Bertz CT molecular complexity index is 1070. The fourth-order valence-electron chi connectivity index (χ4n) is 4.20. The van der Waals surface area contributed by atoms with Gasteiger partial charge >= 0.3 is 0 Å². The van der Waals surface area contributed by atoms with Crippen LogP contribution in [-0.2, 0) is 6.54 Å². The summed E-state index contributed by atoms with van der Waals surface area (Å²) in [5.41, 5.74) is 3.04. The summed E-state index contributed by atoms with van der Waals surface area (Å²) in [5, 5.41) is 8.58. The molecule has 1 N–H and O–H groups in total. The molecule has 0 atom stereocenters. The summed E-state index contributed by atoms with van der Waals surface area (Å²) in [5.74, 6) is 0.410. The van der Waals surface area contributed by atoms with E-state index in [-0.39, 0.29) is 48.5 Å². The molecule has 1 aliphatic heterocycles. The lowest BCUT2D eigenvalue weighted by atomic mass is 9.96. The third-order valence-electron chi connectivity index (χ3n) is 5.83. The second-order valence-electron chi connectivity index (χ2n) is 8.71. The molecular weight excluding hydrogens is 437 g/mol. The highest BCUT2D eigenvalue weighted by molar-refractivity contribution is 6.06. The Morgan fingerprint density at radius 2 is 1.82 bits per heavy atom. The highest BCUT2D eigenvalue weighted by atomic mass is 19.1. The average Bonchev–Trinajstić information content (AvgIpc) is 3.10. The van der Waals surface area contributed by atoms with Crippen LogP contribution in [0.15, 0.2) is 18.2 Å². The molecule has 0 amide bonds. The van der Waals surface area contributed by atoms with Crippen LogP contribution in [0.5, 0.6) is 17.2 Å². The molecule has 0 unspecified atom stereocenters. The summed E-state index contributed by atoms with van der Waals surface area (Å²) in [7, 11) is 5.43. The van der Waals surface area contributed by atoms with Crippen LogP contribution in [0.1, 0.15) is 60.7 Å². The van der Waals surface area contributed by atoms with Crippen molar-refractivity contribution in [2.45, 2.75) is 40.2 Å². The Morgan fingerprint density at radius 1 is 1.15 bits per heavy atom. The van der Waals surface area contributed by atoms with E-state index in [1.165, 1.54) is 0 Å². The molecule has 0 fully saturated rings. The van der Waals surface area contributed by atoms with Crippen molar-refractivity contribution >= 4 is 17.3 Å². The molecule has 3 rings (SSSR count). The summed E-state index contributed by atoms with van der Waals surface area (Å²) < 4.78 is 32.0. The van der Waals surface area contributed by atoms with Crippen LogP contribution in [0.2, 0.25) is 0 Å². The summed E-state index contributed by atoms with van der Waals surface area (Å²) in [4.78, 5) is 16.8. The summed E-state index contributed by atoms with van der Waals surface area (Å²) in [6, 6.07) is 5.37. The second kappa shape index (κ2) is 10.3. The fraction of sp³-hybridized carbons (Fsp3) is 0.462. The smallest absolute Gasteiger partial charge is 0.197 e. The lowest BCUT2D eigenvalue weighted by Crippen LogP contribution is -2.30. The van der Waals surface area contributed by atoms with E-state index in [0.717, 1.165) is 17.0 Å². The Hall–Kier alpha value is -3.29. The second-order valence-corrected chi connectivity index (χ2v) is 8.71. The van der Waals surface area contributed by atoms with Gasteiger partial charge in [-0.05, 0) is 49.1 Å². The minimum Gasteiger partial charge on any atom is -0.494 e. The number of nitrogens with zero attached hydrogens (tertiary/aromatic N) is 2. The molecule has 0 saturated heterocycles. The number of halogens is 1. The van der Waals surface area contributed by atoms with Crippen LogP contribution < -0.4 is 19.1 Å².